The number of hydrogen-bond acceptors (Lipinski definition) is 6. The van der Waals surface area contributed by atoms with Crippen LogP contribution in [0.1, 0.15) is 17.3 Å². The molecule has 0 aliphatic rings. The minimum absolute atomic E-state index is 0.0271. The first-order valence-corrected chi connectivity index (χ1v) is 10.3. The smallest absolute Gasteiger partial charge is 0.343 e. The summed E-state index contributed by atoms with van der Waals surface area (Å²) >= 11 is 3.32. The quantitative estimate of drug-likeness (QED) is 0.250. The van der Waals surface area contributed by atoms with E-state index in [0.29, 0.717) is 29.1 Å². The molecule has 0 fully saturated rings. The maximum absolute atomic E-state index is 12.9. The molecule has 4 aromatic rings. The molecule has 6 nitrogen and oxygen atoms in total. The van der Waals surface area contributed by atoms with Gasteiger partial charge in [0, 0.05) is 10.5 Å². The third-order valence-electron chi connectivity index (χ3n) is 4.37. The van der Waals surface area contributed by atoms with Crippen molar-refractivity contribution in [3.63, 3.8) is 0 Å². The lowest BCUT2D eigenvalue weighted by atomic mass is 10.2. The van der Waals surface area contributed by atoms with E-state index in [1.54, 1.807) is 42.5 Å². The first-order chi connectivity index (χ1) is 15.0. The van der Waals surface area contributed by atoms with E-state index in [0.717, 1.165) is 4.47 Å². The molecule has 0 unspecified atom stereocenters. The summed E-state index contributed by atoms with van der Waals surface area (Å²) in [4.78, 5) is 25.2. The van der Waals surface area contributed by atoms with Crippen LogP contribution in [0.15, 0.2) is 86.7 Å². The molecule has 0 saturated carbocycles. The molecule has 1 aromatic heterocycles. The third-order valence-corrected chi connectivity index (χ3v) is 4.90. The zero-order chi connectivity index (χ0) is 21.8. The second-order valence-corrected chi connectivity index (χ2v) is 7.38. The highest BCUT2D eigenvalue weighted by Gasteiger charge is 2.14. The van der Waals surface area contributed by atoms with Crippen molar-refractivity contribution in [3.05, 3.63) is 93.3 Å². The van der Waals surface area contributed by atoms with Crippen LogP contribution in [0, 0.1) is 0 Å². The minimum Gasteiger partial charge on any atom is -0.490 e. The van der Waals surface area contributed by atoms with Gasteiger partial charge in [0.15, 0.2) is 11.5 Å². The largest absolute Gasteiger partial charge is 0.490 e. The Morgan fingerprint density at radius 3 is 2.45 bits per heavy atom. The van der Waals surface area contributed by atoms with Gasteiger partial charge in [-0.25, -0.2) is 4.79 Å². The van der Waals surface area contributed by atoms with Crippen molar-refractivity contribution < 1.29 is 23.4 Å². The number of fused-ring (bicyclic) bond motifs is 1. The highest BCUT2D eigenvalue weighted by molar-refractivity contribution is 9.10. The molecule has 0 aliphatic carbocycles. The van der Waals surface area contributed by atoms with Crippen molar-refractivity contribution in [1.29, 1.82) is 0 Å². The molecule has 0 radical (unpaired) electrons. The summed E-state index contributed by atoms with van der Waals surface area (Å²) in [7, 11) is 0. The average Bonchev–Trinajstić information content (AvgIpc) is 2.77. The van der Waals surface area contributed by atoms with E-state index in [-0.39, 0.29) is 22.5 Å². The van der Waals surface area contributed by atoms with Crippen LogP contribution in [0.5, 0.6) is 23.0 Å². The average molecular weight is 481 g/mol. The number of benzene rings is 3. The van der Waals surface area contributed by atoms with E-state index in [4.69, 9.17) is 18.6 Å². The number of halogens is 1. The molecule has 31 heavy (non-hydrogen) atoms. The van der Waals surface area contributed by atoms with Crippen molar-refractivity contribution in [2.45, 2.75) is 6.92 Å². The standard InChI is InChI=1S/C24H17BrO6/c1-2-28-19-5-3-4-6-20(19)31-22-14-29-21-13-17(11-12-18(21)23(22)26)30-24(27)15-7-9-16(25)10-8-15/h3-14H,2H2,1H3. The van der Waals surface area contributed by atoms with Crippen LogP contribution < -0.4 is 19.6 Å². The Morgan fingerprint density at radius 2 is 1.71 bits per heavy atom. The van der Waals surface area contributed by atoms with Gasteiger partial charge in [-0.05, 0) is 55.5 Å². The Balaban J connectivity index is 1.59. The van der Waals surface area contributed by atoms with Crippen LogP contribution in [-0.4, -0.2) is 12.6 Å². The first-order valence-electron chi connectivity index (χ1n) is 9.48. The van der Waals surface area contributed by atoms with E-state index < -0.39 is 5.97 Å². The Morgan fingerprint density at radius 1 is 0.968 bits per heavy atom. The van der Waals surface area contributed by atoms with Gasteiger partial charge in [0.1, 0.15) is 17.6 Å². The van der Waals surface area contributed by atoms with Gasteiger partial charge in [-0.3, -0.25) is 4.79 Å². The summed E-state index contributed by atoms with van der Waals surface area (Å²) in [5.41, 5.74) is 0.330. The van der Waals surface area contributed by atoms with Gasteiger partial charge in [-0.15, -0.1) is 0 Å². The first kappa shape index (κ1) is 20.7. The highest BCUT2D eigenvalue weighted by Crippen LogP contribution is 2.31. The third kappa shape index (κ3) is 4.62. The second kappa shape index (κ2) is 9.06. The predicted octanol–water partition coefficient (Wildman–Crippen LogP) is 5.97. The van der Waals surface area contributed by atoms with E-state index in [9.17, 15) is 9.59 Å². The van der Waals surface area contributed by atoms with Gasteiger partial charge in [-0.2, -0.15) is 0 Å². The molecule has 1 heterocycles. The summed E-state index contributed by atoms with van der Waals surface area (Å²) in [6.45, 7) is 2.33. The fourth-order valence-corrected chi connectivity index (χ4v) is 3.17. The van der Waals surface area contributed by atoms with Gasteiger partial charge < -0.3 is 18.6 Å². The topological polar surface area (TPSA) is 75.0 Å². The molecule has 0 spiro atoms. The van der Waals surface area contributed by atoms with Gasteiger partial charge in [-0.1, -0.05) is 28.1 Å². The molecule has 0 N–H and O–H groups in total. The SMILES string of the molecule is CCOc1ccccc1Oc1coc2cc(OC(=O)c3ccc(Br)cc3)ccc2c1=O. The summed E-state index contributed by atoms with van der Waals surface area (Å²) in [6.07, 6.45) is 1.23. The molecule has 0 amide bonds. The highest BCUT2D eigenvalue weighted by atomic mass is 79.9. The van der Waals surface area contributed by atoms with Crippen LogP contribution in [-0.2, 0) is 0 Å². The molecular weight excluding hydrogens is 464 g/mol. The van der Waals surface area contributed by atoms with Crippen molar-refractivity contribution in [1.82, 2.24) is 0 Å². The Bertz CT molecular complexity index is 1290. The summed E-state index contributed by atoms with van der Waals surface area (Å²) in [5.74, 6) is 0.718. The second-order valence-electron chi connectivity index (χ2n) is 6.47. The number of ether oxygens (including phenoxy) is 3. The van der Waals surface area contributed by atoms with Crippen LogP contribution in [0.4, 0.5) is 0 Å². The van der Waals surface area contributed by atoms with Gasteiger partial charge >= 0.3 is 5.97 Å². The van der Waals surface area contributed by atoms with Crippen molar-refractivity contribution >= 4 is 32.9 Å². The number of hydrogen-bond donors (Lipinski definition) is 0. The van der Waals surface area contributed by atoms with Crippen LogP contribution in [0.2, 0.25) is 0 Å². The molecule has 156 valence electrons. The summed E-state index contributed by atoms with van der Waals surface area (Å²) < 4.78 is 23.1. The zero-order valence-electron chi connectivity index (χ0n) is 16.5. The van der Waals surface area contributed by atoms with Crippen LogP contribution >= 0.6 is 15.9 Å². The maximum Gasteiger partial charge on any atom is 0.343 e. The fraction of sp³-hybridized carbons (Fsp3) is 0.0833. The normalized spacial score (nSPS) is 10.6. The lowest BCUT2D eigenvalue weighted by Crippen LogP contribution is -2.09. The molecule has 4 rings (SSSR count). The van der Waals surface area contributed by atoms with Gasteiger partial charge in [0.05, 0.1) is 17.6 Å². The van der Waals surface area contributed by atoms with Crippen molar-refractivity contribution in [2.75, 3.05) is 6.61 Å². The summed E-state index contributed by atoms with van der Waals surface area (Å²) in [6, 6.07) is 18.4. The van der Waals surface area contributed by atoms with Crippen molar-refractivity contribution in [2.24, 2.45) is 0 Å². The van der Waals surface area contributed by atoms with E-state index in [2.05, 4.69) is 15.9 Å². The van der Waals surface area contributed by atoms with E-state index in [1.807, 2.05) is 13.0 Å². The molecule has 0 bridgehead atoms. The lowest BCUT2D eigenvalue weighted by molar-refractivity contribution is 0.0735. The predicted molar refractivity (Wildman–Crippen MR) is 119 cm³/mol. The molecule has 3 aromatic carbocycles. The Hall–Kier alpha value is -3.58. The number of rotatable bonds is 6. The monoisotopic (exact) mass is 480 g/mol. The Kier molecular flexibility index (Phi) is 6.04. The molecular formula is C24H17BrO6. The van der Waals surface area contributed by atoms with Crippen LogP contribution in [0.25, 0.3) is 11.0 Å². The lowest BCUT2D eigenvalue weighted by Gasteiger charge is -2.11. The van der Waals surface area contributed by atoms with E-state index >= 15 is 0 Å². The maximum atomic E-state index is 12.9. The van der Waals surface area contributed by atoms with Gasteiger partial charge in [0.2, 0.25) is 11.2 Å². The van der Waals surface area contributed by atoms with E-state index in [1.165, 1.54) is 24.5 Å². The number of carbonyl (C=O) groups excluding carboxylic acids is 1. The molecule has 7 heteroatoms. The number of carbonyl (C=O) groups is 1. The number of para-hydroxylation sites is 2. The number of esters is 1. The molecule has 0 saturated heterocycles. The van der Waals surface area contributed by atoms with Gasteiger partial charge in [0.25, 0.3) is 0 Å². The molecule has 0 aliphatic heterocycles. The fourth-order valence-electron chi connectivity index (χ4n) is 2.90. The summed E-state index contributed by atoms with van der Waals surface area (Å²) in [5, 5.41) is 0.301. The zero-order valence-corrected chi connectivity index (χ0v) is 18.0. The minimum atomic E-state index is -0.512. The Labute approximate surface area is 186 Å². The van der Waals surface area contributed by atoms with Crippen molar-refractivity contribution in [3.8, 4) is 23.0 Å². The van der Waals surface area contributed by atoms with Crippen LogP contribution in [0.3, 0.4) is 0 Å². The molecule has 0 atom stereocenters.